The molecule has 2 aliphatic rings. The fraction of sp³-hybridized carbons (Fsp3) is 0.769. The zero-order valence-corrected chi connectivity index (χ0v) is 10.4. The average Bonchev–Trinajstić information content (AvgIpc) is 3.02. The predicted octanol–water partition coefficient (Wildman–Crippen LogP) is 1.88. The number of nitrogens with zero attached hydrogens (tertiary/aromatic N) is 2. The molecule has 1 aliphatic heterocycles. The van der Waals surface area contributed by atoms with Crippen LogP contribution in [0.4, 0.5) is 0 Å². The molecule has 1 aliphatic carbocycles. The monoisotopic (exact) mass is 250 g/mol. The highest BCUT2D eigenvalue weighted by molar-refractivity contribution is 5.85. The molecule has 0 bridgehead atoms. The molecular weight excluding hydrogens is 232 g/mol. The Bertz CT molecular complexity index is 424. The van der Waals surface area contributed by atoms with Gasteiger partial charge in [-0.2, -0.15) is 4.98 Å². The third kappa shape index (κ3) is 2.46. The second-order valence-corrected chi connectivity index (χ2v) is 5.25. The van der Waals surface area contributed by atoms with Crippen molar-refractivity contribution < 1.29 is 14.1 Å². The van der Waals surface area contributed by atoms with Gasteiger partial charge in [-0.3, -0.25) is 4.79 Å². The summed E-state index contributed by atoms with van der Waals surface area (Å²) in [5.41, 5.74) is 0. The van der Waals surface area contributed by atoms with Crippen LogP contribution < -0.4 is 0 Å². The van der Waals surface area contributed by atoms with Crippen LogP contribution in [0.15, 0.2) is 4.52 Å². The smallest absolute Gasteiger partial charge is 0.237 e. The summed E-state index contributed by atoms with van der Waals surface area (Å²) in [6.45, 7) is 1.61. The van der Waals surface area contributed by atoms with E-state index in [0.717, 1.165) is 51.1 Å². The van der Waals surface area contributed by atoms with Crippen LogP contribution in [0.2, 0.25) is 0 Å². The second-order valence-electron chi connectivity index (χ2n) is 5.25. The summed E-state index contributed by atoms with van der Waals surface area (Å²) in [6, 6.07) is 0. The molecule has 0 radical (unpaired) electrons. The van der Waals surface area contributed by atoms with Gasteiger partial charge in [0.2, 0.25) is 5.89 Å². The average molecular weight is 250 g/mol. The minimum Gasteiger partial charge on any atom is -0.381 e. The van der Waals surface area contributed by atoms with E-state index < -0.39 is 0 Å². The zero-order chi connectivity index (χ0) is 12.4. The second kappa shape index (κ2) is 5.18. The molecule has 1 saturated heterocycles. The molecule has 2 unspecified atom stereocenters. The van der Waals surface area contributed by atoms with Crippen molar-refractivity contribution in [2.75, 3.05) is 13.2 Å². The fourth-order valence-electron chi connectivity index (χ4n) is 2.74. The lowest BCUT2D eigenvalue weighted by molar-refractivity contribution is -0.122. The lowest BCUT2D eigenvalue weighted by Gasteiger charge is -2.16. The molecule has 2 fully saturated rings. The number of hydrogen-bond donors (Lipinski definition) is 0. The number of hydrogen-bond acceptors (Lipinski definition) is 5. The van der Waals surface area contributed by atoms with Crippen molar-refractivity contribution >= 4 is 5.78 Å². The Balaban J connectivity index is 1.66. The number of carbonyl (C=O) groups excluding carboxylic acids is 1. The highest BCUT2D eigenvalue weighted by Gasteiger charge is 2.29. The molecule has 0 amide bonds. The van der Waals surface area contributed by atoms with Crippen LogP contribution in [-0.2, 0) is 16.0 Å². The molecule has 0 spiro atoms. The van der Waals surface area contributed by atoms with E-state index in [1.54, 1.807) is 0 Å². The molecule has 3 rings (SSSR count). The van der Waals surface area contributed by atoms with E-state index in [0.29, 0.717) is 18.2 Å². The van der Waals surface area contributed by atoms with Crippen molar-refractivity contribution in [1.29, 1.82) is 0 Å². The van der Waals surface area contributed by atoms with Crippen LogP contribution >= 0.6 is 0 Å². The van der Waals surface area contributed by atoms with E-state index in [1.165, 1.54) is 0 Å². The first-order valence-corrected chi connectivity index (χ1v) is 6.76. The van der Waals surface area contributed by atoms with Crippen LogP contribution in [-0.4, -0.2) is 29.1 Å². The number of Topliss-reactive ketones (excluding diaryl/α,β-unsaturated/α-hetero) is 1. The molecular formula is C13H18N2O3. The van der Waals surface area contributed by atoms with Crippen molar-refractivity contribution in [2.45, 2.75) is 44.4 Å². The number of ketones is 1. The molecule has 5 heteroatoms. The summed E-state index contributed by atoms with van der Waals surface area (Å²) in [5.74, 6) is 1.84. The SMILES string of the molecule is O=C1CCCCC1c1nc(CC2CCOC2)no1. The minimum atomic E-state index is -0.153. The Labute approximate surface area is 106 Å². The molecule has 0 N–H and O–H groups in total. The van der Waals surface area contributed by atoms with Gasteiger partial charge < -0.3 is 9.26 Å². The van der Waals surface area contributed by atoms with Gasteiger partial charge in [0, 0.05) is 26.1 Å². The van der Waals surface area contributed by atoms with Crippen LogP contribution in [0.1, 0.15) is 49.7 Å². The standard InChI is InChI=1S/C13H18N2O3/c16-11-4-2-1-3-10(11)13-14-12(15-18-13)7-9-5-6-17-8-9/h9-10H,1-8H2. The molecule has 18 heavy (non-hydrogen) atoms. The van der Waals surface area contributed by atoms with E-state index >= 15 is 0 Å². The molecule has 1 saturated carbocycles. The van der Waals surface area contributed by atoms with E-state index in [4.69, 9.17) is 9.26 Å². The Morgan fingerprint density at radius 1 is 1.28 bits per heavy atom. The van der Waals surface area contributed by atoms with Crippen LogP contribution in [0.5, 0.6) is 0 Å². The molecule has 5 nitrogen and oxygen atoms in total. The van der Waals surface area contributed by atoms with Crippen molar-refractivity contribution in [2.24, 2.45) is 5.92 Å². The Morgan fingerprint density at radius 2 is 2.22 bits per heavy atom. The zero-order valence-electron chi connectivity index (χ0n) is 10.4. The van der Waals surface area contributed by atoms with Crippen LogP contribution in [0.25, 0.3) is 0 Å². The molecule has 0 aromatic carbocycles. The highest BCUT2D eigenvalue weighted by atomic mass is 16.5. The number of carbonyl (C=O) groups is 1. The van der Waals surface area contributed by atoms with Crippen LogP contribution in [0.3, 0.4) is 0 Å². The molecule has 98 valence electrons. The van der Waals surface area contributed by atoms with Gasteiger partial charge in [0.1, 0.15) is 5.78 Å². The molecule has 1 aromatic rings. The quantitative estimate of drug-likeness (QED) is 0.819. The molecule has 2 atom stereocenters. The predicted molar refractivity (Wildman–Crippen MR) is 63.1 cm³/mol. The first-order chi connectivity index (χ1) is 8.83. The van der Waals surface area contributed by atoms with Crippen molar-refractivity contribution in [1.82, 2.24) is 10.1 Å². The summed E-state index contributed by atoms with van der Waals surface area (Å²) in [7, 11) is 0. The Kier molecular flexibility index (Phi) is 3.41. The van der Waals surface area contributed by atoms with Gasteiger partial charge >= 0.3 is 0 Å². The van der Waals surface area contributed by atoms with E-state index in [-0.39, 0.29) is 11.7 Å². The van der Waals surface area contributed by atoms with Crippen LogP contribution in [0, 0.1) is 5.92 Å². The highest BCUT2D eigenvalue weighted by Crippen LogP contribution is 2.29. The lowest BCUT2D eigenvalue weighted by Crippen LogP contribution is -2.17. The van der Waals surface area contributed by atoms with Crippen molar-refractivity contribution in [3.8, 4) is 0 Å². The third-order valence-electron chi connectivity index (χ3n) is 3.83. The van der Waals surface area contributed by atoms with Gasteiger partial charge in [-0.1, -0.05) is 11.6 Å². The van der Waals surface area contributed by atoms with Gasteiger partial charge in [0.15, 0.2) is 5.82 Å². The maximum absolute atomic E-state index is 11.8. The van der Waals surface area contributed by atoms with E-state index in [2.05, 4.69) is 10.1 Å². The van der Waals surface area contributed by atoms with E-state index in [9.17, 15) is 4.79 Å². The Hall–Kier alpha value is -1.23. The van der Waals surface area contributed by atoms with Gasteiger partial charge in [-0.15, -0.1) is 0 Å². The maximum Gasteiger partial charge on any atom is 0.237 e. The van der Waals surface area contributed by atoms with Crippen molar-refractivity contribution in [3.63, 3.8) is 0 Å². The van der Waals surface area contributed by atoms with Gasteiger partial charge in [-0.05, 0) is 25.2 Å². The fourth-order valence-corrected chi connectivity index (χ4v) is 2.74. The normalized spacial score (nSPS) is 28.8. The topological polar surface area (TPSA) is 65.2 Å². The van der Waals surface area contributed by atoms with Gasteiger partial charge in [-0.25, -0.2) is 0 Å². The number of aromatic nitrogens is 2. The summed E-state index contributed by atoms with van der Waals surface area (Å²) in [6.07, 6.45) is 5.43. The molecule has 2 heterocycles. The minimum absolute atomic E-state index is 0.153. The molecule has 1 aromatic heterocycles. The Morgan fingerprint density at radius 3 is 3.00 bits per heavy atom. The largest absolute Gasteiger partial charge is 0.381 e. The van der Waals surface area contributed by atoms with Crippen molar-refractivity contribution in [3.05, 3.63) is 11.7 Å². The lowest BCUT2D eigenvalue weighted by atomic mass is 9.88. The first-order valence-electron chi connectivity index (χ1n) is 6.76. The maximum atomic E-state index is 11.8. The number of rotatable bonds is 3. The first kappa shape index (κ1) is 11.8. The van der Waals surface area contributed by atoms with E-state index in [1.807, 2.05) is 0 Å². The summed E-state index contributed by atoms with van der Waals surface area (Å²) in [4.78, 5) is 16.2. The summed E-state index contributed by atoms with van der Waals surface area (Å²) < 4.78 is 10.6. The summed E-state index contributed by atoms with van der Waals surface area (Å²) in [5, 5.41) is 4.00. The van der Waals surface area contributed by atoms with Gasteiger partial charge in [0.05, 0.1) is 5.92 Å². The van der Waals surface area contributed by atoms with Gasteiger partial charge in [0.25, 0.3) is 0 Å². The third-order valence-corrected chi connectivity index (χ3v) is 3.83. The summed E-state index contributed by atoms with van der Waals surface area (Å²) >= 11 is 0. The number of ether oxygens (including phenoxy) is 1.